The van der Waals surface area contributed by atoms with E-state index in [9.17, 15) is 0 Å². The molecule has 0 spiro atoms. The summed E-state index contributed by atoms with van der Waals surface area (Å²) in [6, 6.07) is 3.94. The molecule has 0 atom stereocenters. The second-order valence-electron chi connectivity index (χ2n) is 4.60. The molecule has 2 aromatic rings. The predicted molar refractivity (Wildman–Crippen MR) is 78.0 cm³/mol. The van der Waals surface area contributed by atoms with Crippen LogP contribution in [0.1, 0.15) is 19.5 Å². The van der Waals surface area contributed by atoms with Crippen molar-refractivity contribution in [3.8, 4) is 10.8 Å². The van der Waals surface area contributed by atoms with Crippen LogP contribution in [0.5, 0.6) is 0 Å². The first-order valence-corrected chi connectivity index (χ1v) is 7.05. The number of guanidine groups is 1. The highest BCUT2D eigenvalue weighted by Crippen LogP contribution is 2.23. The summed E-state index contributed by atoms with van der Waals surface area (Å²) in [5.74, 6) is 1.61. The lowest BCUT2D eigenvalue weighted by Gasteiger charge is -2.07. The highest BCUT2D eigenvalue weighted by molar-refractivity contribution is 7.13. The fourth-order valence-corrected chi connectivity index (χ4v) is 2.08. The summed E-state index contributed by atoms with van der Waals surface area (Å²) in [6.07, 6.45) is 1.62. The van der Waals surface area contributed by atoms with Crippen molar-refractivity contribution in [2.75, 3.05) is 6.54 Å². The van der Waals surface area contributed by atoms with Gasteiger partial charge < -0.3 is 15.5 Å². The molecule has 5 nitrogen and oxygen atoms in total. The van der Waals surface area contributed by atoms with Crippen LogP contribution < -0.4 is 11.1 Å². The SMILES string of the molecule is CC(C)CNC(N)=NCc1coc(-c2cccs2)n1. The van der Waals surface area contributed by atoms with Crippen LogP contribution in [-0.2, 0) is 6.54 Å². The van der Waals surface area contributed by atoms with Gasteiger partial charge in [-0.3, -0.25) is 0 Å². The largest absolute Gasteiger partial charge is 0.443 e. The van der Waals surface area contributed by atoms with Gasteiger partial charge in [-0.25, -0.2) is 9.98 Å². The molecule has 0 aliphatic heterocycles. The van der Waals surface area contributed by atoms with E-state index in [1.165, 1.54) is 0 Å². The van der Waals surface area contributed by atoms with Gasteiger partial charge in [0.2, 0.25) is 5.89 Å². The zero-order chi connectivity index (χ0) is 13.7. The fraction of sp³-hybridized carbons (Fsp3) is 0.385. The number of aromatic nitrogens is 1. The number of hydrogen-bond acceptors (Lipinski definition) is 4. The first-order valence-electron chi connectivity index (χ1n) is 6.17. The second-order valence-corrected chi connectivity index (χ2v) is 5.55. The van der Waals surface area contributed by atoms with Crippen LogP contribution in [0, 0.1) is 5.92 Å². The van der Waals surface area contributed by atoms with Crippen molar-refractivity contribution in [3.63, 3.8) is 0 Å². The molecule has 0 unspecified atom stereocenters. The Bertz CT molecular complexity index is 531. The Morgan fingerprint density at radius 1 is 1.58 bits per heavy atom. The molecule has 0 saturated heterocycles. The maximum atomic E-state index is 5.75. The first kappa shape index (κ1) is 13.6. The van der Waals surface area contributed by atoms with E-state index >= 15 is 0 Å². The molecule has 6 heteroatoms. The van der Waals surface area contributed by atoms with Gasteiger partial charge in [0.25, 0.3) is 0 Å². The van der Waals surface area contributed by atoms with Crippen molar-refractivity contribution in [2.45, 2.75) is 20.4 Å². The number of rotatable bonds is 5. The smallest absolute Gasteiger partial charge is 0.236 e. The molecule has 0 fully saturated rings. The Kier molecular flexibility index (Phi) is 4.57. The van der Waals surface area contributed by atoms with Crippen molar-refractivity contribution in [1.82, 2.24) is 10.3 Å². The van der Waals surface area contributed by atoms with E-state index in [2.05, 4.69) is 29.1 Å². The molecule has 102 valence electrons. The fourth-order valence-electron chi connectivity index (χ4n) is 1.42. The van der Waals surface area contributed by atoms with Crippen LogP contribution in [0.4, 0.5) is 0 Å². The van der Waals surface area contributed by atoms with E-state index in [0.717, 1.165) is 17.1 Å². The van der Waals surface area contributed by atoms with Gasteiger partial charge in [0.15, 0.2) is 5.96 Å². The van der Waals surface area contributed by atoms with E-state index in [1.807, 2.05) is 17.5 Å². The number of nitrogens with two attached hydrogens (primary N) is 1. The zero-order valence-corrected chi connectivity index (χ0v) is 11.9. The lowest BCUT2D eigenvalue weighted by atomic mass is 10.2. The summed E-state index contributed by atoms with van der Waals surface area (Å²) >= 11 is 1.60. The van der Waals surface area contributed by atoms with Crippen molar-refractivity contribution in [1.29, 1.82) is 0 Å². The standard InChI is InChI=1S/C13H18N4OS/c1-9(2)6-15-13(14)16-7-10-8-18-12(17-10)11-4-3-5-19-11/h3-5,8-9H,6-7H2,1-2H3,(H3,14,15,16). The molecular weight excluding hydrogens is 260 g/mol. The van der Waals surface area contributed by atoms with Gasteiger partial charge in [0, 0.05) is 6.54 Å². The summed E-state index contributed by atoms with van der Waals surface area (Å²) in [5, 5.41) is 5.05. The summed E-state index contributed by atoms with van der Waals surface area (Å²) in [4.78, 5) is 9.61. The molecule has 19 heavy (non-hydrogen) atoms. The average molecular weight is 278 g/mol. The molecule has 0 saturated carbocycles. The third kappa shape index (κ3) is 4.10. The van der Waals surface area contributed by atoms with Crippen LogP contribution >= 0.6 is 11.3 Å². The van der Waals surface area contributed by atoms with E-state index in [4.69, 9.17) is 10.2 Å². The van der Waals surface area contributed by atoms with Crippen LogP contribution in [0.2, 0.25) is 0 Å². The Morgan fingerprint density at radius 2 is 2.42 bits per heavy atom. The van der Waals surface area contributed by atoms with Crippen LogP contribution in [0.3, 0.4) is 0 Å². The molecule has 0 aliphatic rings. The summed E-state index contributed by atoms with van der Waals surface area (Å²) < 4.78 is 5.41. The number of oxazole rings is 1. The van der Waals surface area contributed by atoms with E-state index < -0.39 is 0 Å². The highest BCUT2D eigenvalue weighted by atomic mass is 32.1. The third-order valence-corrected chi connectivity index (χ3v) is 3.24. The summed E-state index contributed by atoms with van der Waals surface area (Å²) in [7, 11) is 0. The van der Waals surface area contributed by atoms with E-state index in [0.29, 0.717) is 24.3 Å². The minimum atomic E-state index is 0.422. The zero-order valence-electron chi connectivity index (χ0n) is 11.1. The van der Waals surface area contributed by atoms with Crippen LogP contribution in [-0.4, -0.2) is 17.5 Å². The van der Waals surface area contributed by atoms with Gasteiger partial charge in [-0.1, -0.05) is 19.9 Å². The molecule has 3 N–H and O–H groups in total. The second kappa shape index (κ2) is 6.38. The lowest BCUT2D eigenvalue weighted by Crippen LogP contribution is -2.34. The van der Waals surface area contributed by atoms with E-state index in [-0.39, 0.29) is 0 Å². The Hall–Kier alpha value is -1.82. The molecule has 0 aromatic carbocycles. The highest BCUT2D eigenvalue weighted by Gasteiger charge is 2.07. The number of thiophene rings is 1. The number of nitrogens with one attached hydrogen (secondary N) is 1. The molecule has 2 heterocycles. The maximum Gasteiger partial charge on any atom is 0.236 e. The van der Waals surface area contributed by atoms with E-state index in [1.54, 1.807) is 17.6 Å². The molecule has 0 bridgehead atoms. The molecule has 0 aliphatic carbocycles. The van der Waals surface area contributed by atoms with Crippen molar-refractivity contribution in [2.24, 2.45) is 16.6 Å². The average Bonchev–Trinajstić information content (AvgIpc) is 3.03. The number of nitrogens with zero attached hydrogens (tertiary/aromatic N) is 2. The van der Waals surface area contributed by atoms with Crippen LogP contribution in [0.15, 0.2) is 33.2 Å². The van der Waals surface area contributed by atoms with Crippen molar-refractivity contribution in [3.05, 3.63) is 29.5 Å². The van der Waals surface area contributed by atoms with Crippen LogP contribution in [0.25, 0.3) is 10.8 Å². The van der Waals surface area contributed by atoms with Gasteiger partial charge in [0.1, 0.15) is 12.0 Å². The molecule has 0 radical (unpaired) electrons. The van der Waals surface area contributed by atoms with Crippen molar-refractivity contribution < 1.29 is 4.42 Å². The number of aliphatic imine (C=N–C) groups is 1. The molecule has 0 amide bonds. The Morgan fingerprint density at radius 3 is 3.11 bits per heavy atom. The van der Waals surface area contributed by atoms with Gasteiger partial charge in [0.05, 0.1) is 11.4 Å². The van der Waals surface area contributed by atoms with Gasteiger partial charge in [-0.2, -0.15) is 0 Å². The predicted octanol–water partition coefficient (Wildman–Crippen LogP) is 2.46. The summed E-state index contributed by atoms with van der Waals surface area (Å²) in [6.45, 7) is 5.47. The Balaban J connectivity index is 1.91. The quantitative estimate of drug-likeness (QED) is 0.650. The monoisotopic (exact) mass is 278 g/mol. The first-order chi connectivity index (χ1) is 9.15. The van der Waals surface area contributed by atoms with Gasteiger partial charge >= 0.3 is 0 Å². The molecule has 2 rings (SSSR count). The third-order valence-electron chi connectivity index (χ3n) is 2.39. The van der Waals surface area contributed by atoms with Crippen molar-refractivity contribution >= 4 is 17.3 Å². The topological polar surface area (TPSA) is 76.4 Å². The number of hydrogen-bond donors (Lipinski definition) is 2. The molecular formula is C13H18N4OS. The summed E-state index contributed by atoms with van der Waals surface area (Å²) in [5.41, 5.74) is 6.53. The van der Waals surface area contributed by atoms with Gasteiger partial charge in [-0.05, 0) is 17.4 Å². The molecule has 2 aromatic heterocycles. The minimum absolute atomic E-state index is 0.422. The lowest BCUT2D eigenvalue weighted by molar-refractivity contribution is 0.574. The Labute approximate surface area is 116 Å². The van der Waals surface area contributed by atoms with Gasteiger partial charge in [-0.15, -0.1) is 11.3 Å². The maximum absolute atomic E-state index is 5.75. The minimum Gasteiger partial charge on any atom is -0.443 e. The normalized spacial score (nSPS) is 12.1.